The Labute approximate surface area is 101 Å². The Hall–Kier alpha value is -1.28. The van der Waals surface area contributed by atoms with Crippen molar-refractivity contribution in [1.29, 1.82) is 0 Å². The summed E-state index contributed by atoms with van der Waals surface area (Å²) in [4.78, 5) is 11.9. The van der Waals surface area contributed by atoms with Crippen molar-refractivity contribution in [3.8, 4) is 5.75 Å². The molecule has 0 aliphatic rings. The third-order valence-electron chi connectivity index (χ3n) is 2.37. The van der Waals surface area contributed by atoms with E-state index in [9.17, 15) is 4.79 Å². The predicted octanol–water partition coefficient (Wildman–Crippen LogP) is 3.89. The summed E-state index contributed by atoms with van der Waals surface area (Å²) in [6.45, 7) is 5.80. The number of Topliss-reactive ketones (excluding diaryl/α,β-unsaturated/α-hetero) is 1. The zero-order chi connectivity index (χ0) is 12.1. The van der Waals surface area contributed by atoms with Crippen LogP contribution >= 0.6 is 11.6 Å². The van der Waals surface area contributed by atoms with Gasteiger partial charge in [-0.2, -0.15) is 0 Å². The lowest BCUT2D eigenvalue weighted by Crippen LogP contribution is -2.03. The van der Waals surface area contributed by atoms with Crippen LogP contribution in [-0.2, 0) is 0 Å². The molecule has 1 aromatic carbocycles. The van der Waals surface area contributed by atoms with Gasteiger partial charge in [0.1, 0.15) is 5.75 Å². The zero-order valence-electron chi connectivity index (χ0n) is 9.55. The first-order valence-electron chi connectivity index (χ1n) is 5.11. The number of rotatable bonds is 5. The summed E-state index contributed by atoms with van der Waals surface area (Å²) in [6, 6.07) is 5.03. The van der Waals surface area contributed by atoms with Crippen LogP contribution in [0.5, 0.6) is 5.75 Å². The molecule has 86 valence electrons. The molecule has 0 amide bonds. The molecule has 0 radical (unpaired) electrons. The van der Waals surface area contributed by atoms with Crippen molar-refractivity contribution in [3.05, 3.63) is 40.9 Å². The lowest BCUT2D eigenvalue weighted by molar-refractivity contribution is 0.0989. The molecule has 0 fully saturated rings. The fraction of sp³-hybridized carbons (Fsp3) is 0.308. The molecular formula is C13H15ClO2. The second kappa shape index (κ2) is 5.71. The van der Waals surface area contributed by atoms with Crippen molar-refractivity contribution >= 4 is 17.4 Å². The standard InChI is InChI=1S/C13H15ClO2/c1-4-9(2)7-12(15)11-8-10(14)5-6-13(11)16-3/h5-6,8H,2,4,7H2,1,3H3. The number of allylic oxidation sites excluding steroid dienone is 1. The number of carbonyl (C=O) groups excluding carboxylic acids is 1. The van der Waals surface area contributed by atoms with E-state index in [-0.39, 0.29) is 5.78 Å². The highest BCUT2D eigenvalue weighted by molar-refractivity contribution is 6.31. The summed E-state index contributed by atoms with van der Waals surface area (Å²) in [5.74, 6) is 0.546. The van der Waals surface area contributed by atoms with E-state index < -0.39 is 0 Å². The van der Waals surface area contributed by atoms with Crippen LogP contribution in [0.4, 0.5) is 0 Å². The van der Waals surface area contributed by atoms with Crippen LogP contribution in [0, 0.1) is 0 Å². The van der Waals surface area contributed by atoms with Gasteiger partial charge in [0.2, 0.25) is 0 Å². The first-order valence-corrected chi connectivity index (χ1v) is 5.49. The van der Waals surface area contributed by atoms with E-state index in [1.807, 2.05) is 6.92 Å². The van der Waals surface area contributed by atoms with Gasteiger partial charge in [-0.25, -0.2) is 0 Å². The minimum absolute atomic E-state index is 0.00815. The average Bonchev–Trinajstić information content (AvgIpc) is 2.28. The molecule has 0 spiro atoms. The van der Waals surface area contributed by atoms with E-state index in [4.69, 9.17) is 16.3 Å². The van der Waals surface area contributed by atoms with E-state index >= 15 is 0 Å². The van der Waals surface area contributed by atoms with Crippen molar-refractivity contribution in [1.82, 2.24) is 0 Å². The number of methoxy groups -OCH3 is 1. The van der Waals surface area contributed by atoms with E-state index in [0.29, 0.717) is 22.8 Å². The lowest BCUT2D eigenvalue weighted by atomic mass is 10.0. The molecule has 0 saturated carbocycles. The predicted molar refractivity (Wildman–Crippen MR) is 66.4 cm³/mol. The Morgan fingerprint density at radius 1 is 1.50 bits per heavy atom. The minimum Gasteiger partial charge on any atom is -0.496 e. The van der Waals surface area contributed by atoms with Gasteiger partial charge in [-0.3, -0.25) is 4.79 Å². The van der Waals surface area contributed by atoms with Crippen LogP contribution in [0.1, 0.15) is 30.1 Å². The molecule has 0 saturated heterocycles. The maximum absolute atomic E-state index is 11.9. The molecule has 16 heavy (non-hydrogen) atoms. The molecule has 1 rings (SSSR count). The van der Waals surface area contributed by atoms with Gasteiger partial charge in [0.05, 0.1) is 12.7 Å². The Balaban J connectivity index is 2.97. The van der Waals surface area contributed by atoms with Crippen LogP contribution in [0.3, 0.4) is 0 Å². The van der Waals surface area contributed by atoms with E-state index in [1.165, 1.54) is 7.11 Å². The van der Waals surface area contributed by atoms with Gasteiger partial charge >= 0.3 is 0 Å². The monoisotopic (exact) mass is 238 g/mol. The quantitative estimate of drug-likeness (QED) is 0.575. The Kier molecular flexibility index (Phi) is 4.56. The number of ketones is 1. The third kappa shape index (κ3) is 3.11. The Bertz CT molecular complexity index is 410. The van der Waals surface area contributed by atoms with Crippen molar-refractivity contribution in [2.45, 2.75) is 19.8 Å². The summed E-state index contributed by atoms with van der Waals surface area (Å²) in [5.41, 5.74) is 1.43. The number of benzene rings is 1. The molecule has 0 aliphatic heterocycles. The van der Waals surface area contributed by atoms with Crippen molar-refractivity contribution in [3.63, 3.8) is 0 Å². The highest BCUT2D eigenvalue weighted by Crippen LogP contribution is 2.25. The normalized spacial score (nSPS) is 9.94. The van der Waals surface area contributed by atoms with E-state index in [2.05, 4.69) is 6.58 Å². The Morgan fingerprint density at radius 3 is 2.75 bits per heavy atom. The van der Waals surface area contributed by atoms with Gasteiger partial charge in [-0.1, -0.05) is 30.7 Å². The van der Waals surface area contributed by atoms with Crippen LogP contribution < -0.4 is 4.74 Å². The van der Waals surface area contributed by atoms with Crippen molar-refractivity contribution in [2.75, 3.05) is 7.11 Å². The van der Waals surface area contributed by atoms with Gasteiger partial charge in [0.25, 0.3) is 0 Å². The Morgan fingerprint density at radius 2 is 2.19 bits per heavy atom. The molecule has 0 bridgehead atoms. The number of hydrogen-bond acceptors (Lipinski definition) is 2. The number of ether oxygens (including phenoxy) is 1. The minimum atomic E-state index is -0.00815. The lowest BCUT2D eigenvalue weighted by Gasteiger charge is -2.08. The molecule has 3 heteroatoms. The summed E-state index contributed by atoms with van der Waals surface area (Å²) in [6.07, 6.45) is 1.14. The van der Waals surface area contributed by atoms with E-state index in [1.54, 1.807) is 18.2 Å². The van der Waals surface area contributed by atoms with Crippen LogP contribution in [0.25, 0.3) is 0 Å². The van der Waals surface area contributed by atoms with Gasteiger partial charge in [0.15, 0.2) is 5.78 Å². The maximum Gasteiger partial charge on any atom is 0.170 e. The average molecular weight is 239 g/mol. The topological polar surface area (TPSA) is 26.3 Å². The molecule has 0 atom stereocenters. The molecule has 0 aromatic heterocycles. The van der Waals surface area contributed by atoms with Crippen molar-refractivity contribution in [2.24, 2.45) is 0 Å². The smallest absolute Gasteiger partial charge is 0.170 e. The van der Waals surface area contributed by atoms with Gasteiger partial charge in [0, 0.05) is 11.4 Å². The second-order valence-corrected chi connectivity index (χ2v) is 3.98. The van der Waals surface area contributed by atoms with Gasteiger partial charge in [-0.15, -0.1) is 0 Å². The third-order valence-corrected chi connectivity index (χ3v) is 2.61. The first kappa shape index (κ1) is 12.8. The largest absolute Gasteiger partial charge is 0.496 e. The fourth-order valence-corrected chi connectivity index (χ4v) is 1.52. The number of hydrogen-bond donors (Lipinski definition) is 0. The van der Waals surface area contributed by atoms with Crippen LogP contribution in [0.2, 0.25) is 5.02 Å². The highest BCUT2D eigenvalue weighted by Gasteiger charge is 2.13. The zero-order valence-corrected chi connectivity index (χ0v) is 10.3. The first-order chi connectivity index (χ1) is 7.58. The highest BCUT2D eigenvalue weighted by atomic mass is 35.5. The van der Waals surface area contributed by atoms with Gasteiger partial charge in [-0.05, 0) is 24.6 Å². The summed E-state index contributed by atoms with van der Waals surface area (Å²) >= 11 is 5.86. The summed E-state index contributed by atoms with van der Waals surface area (Å²) in [7, 11) is 1.54. The number of halogens is 1. The molecule has 0 heterocycles. The SMILES string of the molecule is C=C(CC)CC(=O)c1cc(Cl)ccc1OC. The van der Waals surface area contributed by atoms with Crippen LogP contribution in [0.15, 0.2) is 30.4 Å². The molecule has 2 nitrogen and oxygen atoms in total. The maximum atomic E-state index is 11.9. The van der Waals surface area contributed by atoms with Crippen molar-refractivity contribution < 1.29 is 9.53 Å². The second-order valence-electron chi connectivity index (χ2n) is 3.55. The number of carbonyl (C=O) groups is 1. The molecule has 0 unspecified atom stereocenters. The van der Waals surface area contributed by atoms with Crippen LogP contribution in [-0.4, -0.2) is 12.9 Å². The molecule has 0 aliphatic carbocycles. The summed E-state index contributed by atoms with van der Waals surface area (Å²) in [5, 5.41) is 0.534. The molecular weight excluding hydrogens is 224 g/mol. The van der Waals surface area contributed by atoms with E-state index in [0.717, 1.165) is 12.0 Å². The molecule has 0 N–H and O–H groups in total. The summed E-state index contributed by atoms with van der Waals surface area (Å²) < 4.78 is 5.13. The molecule has 1 aromatic rings. The fourth-order valence-electron chi connectivity index (χ4n) is 1.35. The van der Waals surface area contributed by atoms with Gasteiger partial charge < -0.3 is 4.74 Å².